The van der Waals surface area contributed by atoms with Gasteiger partial charge < -0.3 is 5.11 Å². The summed E-state index contributed by atoms with van der Waals surface area (Å²) >= 11 is 0. The smallest absolute Gasteiger partial charge is 0.160 e. The molecule has 130 valence electrons. The average molecular weight is 311 g/mol. The van der Waals surface area contributed by atoms with Crippen LogP contribution in [0.2, 0.25) is 0 Å². The number of carbonyl (C=O) groups excluding carboxylic acids is 1. The molecule has 0 aliphatic heterocycles. The summed E-state index contributed by atoms with van der Waals surface area (Å²) in [6, 6.07) is 0. The molecule has 0 saturated heterocycles. The van der Waals surface area contributed by atoms with Crippen molar-refractivity contribution in [3.63, 3.8) is 0 Å². The first-order valence-electron chi connectivity index (χ1n) is 9.54. The van der Waals surface area contributed by atoms with Crippen LogP contribution in [0.15, 0.2) is 12.2 Å². The molecule has 2 heteroatoms. The van der Waals surface area contributed by atoms with Crippen LogP contribution in [0.1, 0.15) is 104 Å². The van der Waals surface area contributed by atoms with Gasteiger partial charge in [0, 0.05) is 6.42 Å². The van der Waals surface area contributed by atoms with Gasteiger partial charge in [-0.15, -0.1) is 0 Å². The van der Waals surface area contributed by atoms with Crippen molar-refractivity contribution in [2.24, 2.45) is 0 Å². The van der Waals surface area contributed by atoms with Crippen LogP contribution in [-0.4, -0.2) is 17.0 Å². The van der Waals surface area contributed by atoms with E-state index in [1.54, 1.807) is 6.92 Å². The third-order valence-electron chi connectivity index (χ3n) is 4.15. The van der Waals surface area contributed by atoms with Crippen LogP contribution in [0.3, 0.4) is 0 Å². The van der Waals surface area contributed by atoms with Gasteiger partial charge in [-0.25, -0.2) is 0 Å². The molecule has 2 nitrogen and oxygen atoms in total. The maximum atomic E-state index is 11.2. The molecule has 1 unspecified atom stereocenters. The summed E-state index contributed by atoms with van der Waals surface area (Å²) in [6.45, 7) is 3.82. The van der Waals surface area contributed by atoms with Gasteiger partial charge in [-0.1, -0.05) is 70.4 Å². The Balaban J connectivity index is 3.16. The third kappa shape index (κ3) is 15.8. The summed E-state index contributed by atoms with van der Waals surface area (Å²) in [5.74, 6) is -0.0161. The molecule has 0 saturated carbocycles. The standard InChI is InChI=1S/C20H38O2/c1-3-4-5-6-7-8-9-10-11-12-13-14-15-16-17-18-20(22)19(2)21/h10-11,19,21H,3-9,12-18H2,1-2H3. The van der Waals surface area contributed by atoms with E-state index in [2.05, 4.69) is 19.1 Å². The molecule has 0 aliphatic carbocycles. The zero-order valence-electron chi connectivity index (χ0n) is 15.0. The number of carbonyl (C=O) groups is 1. The Morgan fingerprint density at radius 2 is 1.27 bits per heavy atom. The summed E-state index contributed by atoms with van der Waals surface area (Å²) in [4.78, 5) is 11.2. The third-order valence-corrected chi connectivity index (χ3v) is 4.15. The SMILES string of the molecule is CCCCCCCCC=CCCCCCCCC(=O)C(C)O. The van der Waals surface area contributed by atoms with Gasteiger partial charge in [-0.05, 0) is 39.0 Å². The molecule has 0 spiro atoms. The van der Waals surface area contributed by atoms with E-state index in [0.29, 0.717) is 6.42 Å². The molecular formula is C20H38O2. The molecule has 1 atom stereocenters. The number of allylic oxidation sites excluding steroid dienone is 2. The van der Waals surface area contributed by atoms with Crippen molar-refractivity contribution in [1.29, 1.82) is 0 Å². The van der Waals surface area contributed by atoms with Gasteiger partial charge in [-0.3, -0.25) is 4.79 Å². The molecule has 0 aromatic rings. The Bertz CT molecular complexity index is 269. The van der Waals surface area contributed by atoms with Gasteiger partial charge >= 0.3 is 0 Å². The topological polar surface area (TPSA) is 37.3 Å². The Labute approximate surface area is 138 Å². The van der Waals surface area contributed by atoms with Gasteiger partial charge in [-0.2, -0.15) is 0 Å². The molecule has 0 bridgehead atoms. The Morgan fingerprint density at radius 1 is 0.818 bits per heavy atom. The second kappa shape index (κ2) is 16.7. The van der Waals surface area contributed by atoms with E-state index in [0.717, 1.165) is 12.8 Å². The van der Waals surface area contributed by atoms with E-state index >= 15 is 0 Å². The first-order chi connectivity index (χ1) is 10.7. The van der Waals surface area contributed by atoms with Crippen LogP contribution in [0.25, 0.3) is 0 Å². The fourth-order valence-corrected chi connectivity index (χ4v) is 2.58. The summed E-state index contributed by atoms with van der Waals surface area (Å²) in [5, 5.41) is 9.08. The van der Waals surface area contributed by atoms with Crippen molar-refractivity contribution in [3.05, 3.63) is 12.2 Å². The van der Waals surface area contributed by atoms with Crippen molar-refractivity contribution in [3.8, 4) is 0 Å². The average Bonchev–Trinajstić information content (AvgIpc) is 2.50. The quantitative estimate of drug-likeness (QED) is 0.281. The van der Waals surface area contributed by atoms with E-state index in [1.165, 1.54) is 70.6 Å². The van der Waals surface area contributed by atoms with Crippen molar-refractivity contribution >= 4 is 5.78 Å². The number of hydrogen-bond donors (Lipinski definition) is 1. The Kier molecular flexibility index (Phi) is 16.3. The number of aliphatic hydroxyl groups is 1. The van der Waals surface area contributed by atoms with Crippen LogP contribution in [-0.2, 0) is 4.79 Å². The highest BCUT2D eigenvalue weighted by Gasteiger charge is 2.07. The first kappa shape index (κ1) is 21.4. The number of rotatable bonds is 16. The molecule has 0 heterocycles. The van der Waals surface area contributed by atoms with Crippen molar-refractivity contribution in [1.82, 2.24) is 0 Å². The fraction of sp³-hybridized carbons (Fsp3) is 0.850. The normalized spacial score (nSPS) is 12.9. The van der Waals surface area contributed by atoms with Gasteiger partial charge in [0.25, 0.3) is 0 Å². The zero-order valence-corrected chi connectivity index (χ0v) is 15.0. The van der Waals surface area contributed by atoms with Crippen molar-refractivity contribution < 1.29 is 9.90 Å². The highest BCUT2D eigenvalue weighted by atomic mass is 16.3. The maximum Gasteiger partial charge on any atom is 0.160 e. The van der Waals surface area contributed by atoms with Crippen molar-refractivity contribution in [2.75, 3.05) is 0 Å². The largest absolute Gasteiger partial charge is 0.386 e. The highest BCUT2D eigenvalue weighted by molar-refractivity contribution is 5.82. The van der Waals surface area contributed by atoms with Crippen LogP contribution in [0.4, 0.5) is 0 Å². The second-order valence-electron chi connectivity index (χ2n) is 6.48. The van der Waals surface area contributed by atoms with E-state index in [4.69, 9.17) is 5.11 Å². The predicted octanol–water partition coefficient (Wildman–Crippen LogP) is 5.97. The monoisotopic (exact) mass is 310 g/mol. The highest BCUT2D eigenvalue weighted by Crippen LogP contribution is 2.10. The predicted molar refractivity (Wildman–Crippen MR) is 96.1 cm³/mol. The van der Waals surface area contributed by atoms with Gasteiger partial charge in [0.15, 0.2) is 5.78 Å². The lowest BCUT2D eigenvalue weighted by Gasteiger charge is -2.03. The van der Waals surface area contributed by atoms with Gasteiger partial charge in [0.2, 0.25) is 0 Å². The number of Topliss-reactive ketones (excluding diaryl/α,β-unsaturated/α-hetero) is 1. The fourth-order valence-electron chi connectivity index (χ4n) is 2.58. The lowest BCUT2D eigenvalue weighted by molar-refractivity contribution is -0.126. The lowest BCUT2D eigenvalue weighted by atomic mass is 10.1. The van der Waals surface area contributed by atoms with Crippen LogP contribution < -0.4 is 0 Å². The van der Waals surface area contributed by atoms with Crippen LogP contribution in [0.5, 0.6) is 0 Å². The second-order valence-corrected chi connectivity index (χ2v) is 6.48. The number of unbranched alkanes of at least 4 members (excludes halogenated alkanes) is 11. The van der Waals surface area contributed by atoms with Crippen LogP contribution in [0, 0.1) is 0 Å². The summed E-state index contributed by atoms with van der Waals surface area (Å²) in [5.41, 5.74) is 0. The van der Waals surface area contributed by atoms with Gasteiger partial charge in [0.1, 0.15) is 6.10 Å². The molecule has 22 heavy (non-hydrogen) atoms. The Morgan fingerprint density at radius 3 is 1.77 bits per heavy atom. The number of aliphatic hydroxyl groups excluding tert-OH is 1. The number of hydrogen-bond acceptors (Lipinski definition) is 2. The molecule has 0 amide bonds. The van der Waals surface area contributed by atoms with Crippen LogP contribution >= 0.6 is 0 Å². The Hall–Kier alpha value is -0.630. The molecule has 0 radical (unpaired) electrons. The first-order valence-corrected chi connectivity index (χ1v) is 9.54. The van der Waals surface area contributed by atoms with E-state index in [1.807, 2.05) is 0 Å². The molecule has 1 N–H and O–H groups in total. The minimum atomic E-state index is -0.781. The van der Waals surface area contributed by atoms with E-state index < -0.39 is 6.10 Å². The van der Waals surface area contributed by atoms with Gasteiger partial charge in [0.05, 0.1) is 0 Å². The summed E-state index contributed by atoms with van der Waals surface area (Å²) < 4.78 is 0. The van der Waals surface area contributed by atoms with Crippen molar-refractivity contribution in [2.45, 2.75) is 110 Å². The molecule has 0 aromatic heterocycles. The number of ketones is 1. The molecule has 0 fully saturated rings. The summed E-state index contributed by atoms with van der Waals surface area (Å²) in [6.07, 6.45) is 20.9. The lowest BCUT2D eigenvalue weighted by Crippen LogP contribution is -2.15. The summed E-state index contributed by atoms with van der Waals surface area (Å²) in [7, 11) is 0. The molecular weight excluding hydrogens is 272 g/mol. The molecule has 0 aromatic carbocycles. The minimum absolute atomic E-state index is 0.0161. The van der Waals surface area contributed by atoms with E-state index in [-0.39, 0.29) is 5.78 Å². The maximum absolute atomic E-state index is 11.2. The van der Waals surface area contributed by atoms with E-state index in [9.17, 15) is 4.79 Å². The molecule has 0 rings (SSSR count). The molecule has 0 aliphatic rings. The minimum Gasteiger partial charge on any atom is -0.386 e. The zero-order chi connectivity index (χ0) is 16.5.